The van der Waals surface area contributed by atoms with Gasteiger partial charge < -0.3 is 14.9 Å². The second-order valence-electron chi connectivity index (χ2n) is 3.01. The lowest BCUT2D eigenvalue weighted by Gasteiger charge is -2.21. The van der Waals surface area contributed by atoms with Gasteiger partial charge in [0.2, 0.25) is 0 Å². The van der Waals surface area contributed by atoms with Crippen LogP contribution in [0.2, 0.25) is 0 Å². The van der Waals surface area contributed by atoms with E-state index >= 15 is 0 Å². The van der Waals surface area contributed by atoms with Crippen LogP contribution in [0.3, 0.4) is 0 Å². The summed E-state index contributed by atoms with van der Waals surface area (Å²) in [5, 5.41) is 18.4. The molecule has 0 aliphatic heterocycles. The Morgan fingerprint density at radius 1 is 1.69 bits per heavy atom. The van der Waals surface area contributed by atoms with Crippen molar-refractivity contribution < 1.29 is 19.7 Å². The van der Waals surface area contributed by atoms with Crippen molar-refractivity contribution in [2.45, 2.75) is 32.0 Å². The van der Waals surface area contributed by atoms with Crippen LogP contribution in [-0.4, -0.2) is 35.0 Å². The van der Waals surface area contributed by atoms with Gasteiger partial charge in [0, 0.05) is 5.57 Å². The lowest BCUT2D eigenvalue weighted by atomic mass is 9.95. The molecule has 0 unspecified atom stereocenters. The molecule has 0 fully saturated rings. The molecule has 0 radical (unpaired) electrons. The zero-order valence-corrected chi connectivity index (χ0v) is 7.56. The highest BCUT2D eigenvalue weighted by molar-refractivity contribution is 5.88. The van der Waals surface area contributed by atoms with Crippen LogP contribution in [0.15, 0.2) is 11.6 Å². The highest BCUT2D eigenvalue weighted by Crippen LogP contribution is 2.19. The second-order valence-corrected chi connectivity index (χ2v) is 3.01. The van der Waals surface area contributed by atoms with Crippen LogP contribution in [-0.2, 0) is 9.53 Å². The van der Waals surface area contributed by atoms with Crippen molar-refractivity contribution in [3.8, 4) is 0 Å². The van der Waals surface area contributed by atoms with E-state index in [4.69, 9.17) is 9.84 Å². The van der Waals surface area contributed by atoms with Crippen LogP contribution < -0.4 is 0 Å². The molecule has 0 amide bonds. The summed E-state index contributed by atoms with van der Waals surface area (Å²) in [7, 11) is 0. The van der Waals surface area contributed by atoms with Gasteiger partial charge in [-0.2, -0.15) is 0 Å². The Morgan fingerprint density at radius 3 is 2.92 bits per heavy atom. The maximum Gasteiger partial charge on any atom is 0.333 e. The van der Waals surface area contributed by atoms with Gasteiger partial charge in [-0.3, -0.25) is 0 Å². The minimum absolute atomic E-state index is 0.328. The average Bonchev–Trinajstić information content (AvgIpc) is 2.10. The molecule has 0 saturated heterocycles. The number of aliphatic hydroxyl groups is 2. The third-order valence-corrected chi connectivity index (χ3v) is 2.01. The summed E-state index contributed by atoms with van der Waals surface area (Å²) < 4.78 is 4.76. The number of hydrogen-bond donors (Lipinski definition) is 2. The first-order chi connectivity index (χ1) is 6.15. The van der Waals surface area contributed by atoms with E-state index in [1.165, 1.54) is 6.08 Å². The minimum Gasteiger partial charge on any atom is -0.463 e. The third kappa shape index (κ3) is 2.54. The summed E-state index contributed by atoms with van der Waals surface area (Å²) in [6.45, 7) is 2.06. The second kappa shape index (κ2) is 4.39. The maximum absolute atomic E-state index is 11.2. The number of esters is 1. The molecule has 4 heteroatoms. The monoisotopic (exact) mass is 186 g/mol. The molecule has 4 nitrogen and oxygen atoms in total. The van der Waals surface area contributed by atoms with E-state index in [-0.39, 0.29) is 0 Å². The summed E-state index contributed by atoms with van der Waals surface area (Å²) >= 11 is 0. The molecule has 1 rings (SSSR count). The van der Waals surface area contributed by atoms with Crippen LogP contribution >= 0.6 is 0 Å². The fraction of sp³-hybridized carbons (Fsp3) is 0.667. The number of hydrogen-bond acceptors (Lipinski definition) is 4. The van der Waals surface area contributed by atoms with Gasteiger partial charge in [0.1, 0.15) is 0 Å². The van der Waals surface area contributed by atoms with Crippen LogP contribution in [0.4, 0.5) is 0 Å². The SMILES string of the molecule is CCOC(=O)C1=C[C@@H](O)[C@H](O)CC1. The zero-order chi connectivity index (χ0) is 9.84. The number of rotatable bonds is 2. The maximum atomic E-state index is 11.2. The fourth-order valence-electron chi connectivity index (χ4n) is 1.27. The molecule has 2 atom stereocenters. The van der Waals surface area contributed by atoms with Gasteiger partial charge in [0.15, 0.2) is 0 Å². The van der Waals surface area contributed by atoms with Gasteiger partial charge >= 0.3 is 5.97 Å². The zero-order valence-electron chi connectivity index (χ0n) is 7.56. The first-order valence-electron chi connectivity index (χ1n) is 4.39. The fourth-order valence-corrected chi connectivity index (χ4v) is 1.27. The van der Waals surface area contributed by atoms with Crippen LogP contribution in [0, 0.1) is 0 Å². The Hall–Kier alpha value is -0.870. The summed E-state index contributed by atoms with van der Waals surface area (Å²) in [6.07, 6.45) is 0.556. The summed E-state index contributed by atoms with van der Waals surface area (Å²) in [5.74, 6) is -0.395. The molecule has 13 heavy (non-hydrogen) atoms. The Balaban J connectivity index is 2.61. The smallest absolute Gasteiger partial charge is 0.333 e. The van der Waals surface area contributed by atoms with Gasteiger partial charge in [-0.25, -0.2) is 4.79 Å². The molecule has 74 valence electrons. The van der Waals surface area contributed by atoms with E-state index in [1.54, 1.807) is 6.92 Å². The summed E-state index contributed by atoms with van der Waals surface area (Å²) in [6, 6.07) is 0. The number of aliphatic hydroxyl groups excluding tert-OH is 2. The molecular weight excluding hydrogens is 172 g/mol. The first-order valence-corrected chi connectivity index (χ1v) is 4.39. The predicted octanol–water partition coefficient (Wildman–Crippen LogP) is -0.00850. The Kier molecular flexibility index (Phi) is 3.45. The molecule has 0 bridgehead atoms. The largest absolute Gasteiger partial charge is 0.463 e. The molecule has 0 saturated carbocycles. The summed E-state index contributed by atoms with van der Waals surface area (Å²) in [4.78, 5) is 11.2. The van der Waals surface area contributed by atoms with Crippen molar-refractivity contribution in [3.05, 3.63) is 11.6 Å². The van der Waals surface area contributed by atoms with Crippen molar-refractivity contribution in [1.29, 1.82) is 0 Å². The Bertz CT molecular complexity index is 222. The van der Waals surface area contributed by atoms with Crippen LogP contribution in [0.5, 0.6) is 0 Å². The quantitative estimate of drug-likeness (QED) is 0.595. The van der Waals surface area contributed by atoms with Gasteiger partial charge in [0.25, 0.3) is 0 Å². The lowest BCUT2D eigenvalue weighted by molar-refractivity contribution is -0.139. The van der Waals surface area contributed by atoms with E-state index in [9.17, 15) is 9.90 Å². The molecule has 2 N–H and O–H groups in total. The van der Waals surface area contributed by atoms with Crippen molar-refractivity contribution >= 4 is 5.97 Å². The number of carbonyl (C=O) groups is 1. The van der Waals surface area contributed by atoms with Gasteiger partial charge in [-0.15, -0.1) is 0 Å². The topological polar surface area (TPSA) is 66.8 Å². The highest BCUT2D eigenvalue weighted by atomic mass is 16.5. The van der Waals surface area contributed by atoms with Crippen molar-refractivity contribution in [2.24, 2.45) is 0 Å². The minimum atomic E-state index is -0.937. The molecule has 1 aliphatic carbocycles. The van der Waals surface area contributed by atoms with Crippen molar-refractivity contribution in [3.63, 3.8) is 0 Å². The van der Waals surface area contributed by atoms with E-state index in [0.717, 1.165) is 0 Å². The molecule has 0 aromatic rings. The van der Waals surface area contributed by atoms with Gasteiger partial charge in [0.05, 0.1) is 18.8 Å². The summed E-state index contributed by atoms with van der Waals surface area (Å²) in [5.41, 5.74) is 0.458. The van der Waals surface area contributed by atoms with E-state index in [2.05, 4.69) is 0 Å². The molecule has 0 heterocycles. The van der Waals surface area contributed by atoms with E-state index in [0.29, 0.717) is 25.0 Å². The average molecular weight is 186 g/mol. The van der Waals surface area contributed by atoms with Crippen molar-refractivity contribution in [2.75, 3.05) is 6.61 Å². The molecular formula is C9H14O4. The van der Waals surface area contributed by atoms with E-state index < -0.39 is 18.2 Å². The van der Waals surface area contributed by atoms with Crippen LogP contribution in [0.1, 0.15) is 19.8 Å². The molecule has 0 aromatic heterocycles. The highest BCUT2D eigenvalue weighted by Gasteiger charge is 2.24. The predicted molar refractivity (Wildman–Crippen MR) is 46.0 cm³/mol. The van der Waals surface area contributed by atoms with Crippen LogP contribution in [0.25, 0.3) is 0 Å². The Labute approximate surface area is 76.8 Å². The first kappa shape index (κ1) is 10.2. The van der Waals surface area contributed by atoms with Gasteiger partial charge in [-0.05, 0) is 25.8 Å². The van der Waals surface area contributed by atoms with Crippen molar-refractivity contribution in [1.82, 2.24) is 0 Å². The van der Waals surface area contributed by atoms with Gasteiger partial charge in [-0.1, -0.05) is 0 Å². The third-order valence-electron chi connectivity index (χ3n) is 2.01. The molecule has 0 aromatic carbocycles. The molecule has 1 aliphatic rings. The standard InChI is InChI=1S/C9H14O4/c1-2-13-9(12)6-3-4-7(10)8(11)5-6/h5,7-8,10-11H,2-4H2,1H3/t7-,8-/m1/s1. The molecule has 0 spiro atoms. The lowest BCUT2D eigenvalue weighted by Crippen LogP contribution is -2.29. The number of ether oxygens (including phenoxy) is 1. The van der Waals surface area contributed by atoms with E-state index in [1.807, 2.05) is 0 Å². The number of carbonyl (C=O) groups excluding carboxylic acids is 1. The Morgan fingerprint density at radius 2 is 2.38 bits per heavy atom. The normalized spacial score (nSPS) is 28.1.